The van der Waals surface area contributed by atoms with E-state index in [0.717, 1.165) is 24.2 Å². The van der Waals surface area contributed by atoms with Gasteiger partial charge in [0.1, 0.15) is 5.75 Å². The molecule has 1 fully saturated rings. The number of primary sulfonamides is 1. The molecule has 2 aliphatic rings. The van der Waals surface area contributed by atoms with Crippen LogP contribution in [0.5, 0.6) is 5.75 Å². The van der Waals surface area contributed by atoms with E-state index < -0.39 is 10.0 Å². The second kappa shape index (κ2) is 6.25. The molecule has 2 aromatic rings. The van der Waals surface area contributed by atoms with Crippen LogP contribution in [0.15, 0.2) is 48.5 Å². The van der Waals surface area contributed by atoms with Gasteiger partial charge in [0.15, 0.2) is 0 Å². The van der Waals surface area contributed by atoms with Crippen molar-refractivity contribution in [2.75, 3.05) is 7.11 Å². The Labute approximate surface area is 154 Å². The molecule has 0 atom stereocenters. The van der Waals surface area contributed by atoms with E-state index in [1.165, 1.54) is 35.1 Å². The lowest BCUT2D eigenvalue weighted by atomic mass is 9.96. The highest BCUT2D eigenvalue weighted by Gasteiger charge is 2.48. The van der Waals surface area contributed by atoms with E-state index in [9.17, 15) is 8.42 Å². The number of allylic oxidation sites excluding steroid dienone is 2. The molecule has 4 rings (SSSR count). The summed E-state index contributed by atoms with van der Waals surface area (Å²) in [5.74, 6) is 0.740. The molecule has 0 aromatic heterocycles. The van der Waals surface area contributed by atoms with Crippen LogP contribution < -0.4 is 9.88 Å². The van der Waals surface area contributed by atoms with Crippen molar-refractivity contribution in [3.63, 3.8) is 0 Å². The lowest BCUT2D eigenvalue weighted by Crippen LogP contribution is -2.14. The van der Waals surface area contributed by atoms with Crippen molar-refractivity contribution in [3.05, 3.63) is 65.2 Å². The van der Waals surface area contributed by atoms with Crippen LogP contribution in [-0.4, -0.2) is 15.5 Å². The fourth-order valence-corrected chi connectivity index (χ4v) is 4.59. The number of sulfonamides is 1. The second-order valence-corrected chi connectivity index (χ2v) is 9.16. The molecule has 1 saturated carbocycles. The summed E-state index contributed by atoms with van der Waals surface area (Å²) in [6.45, 7) is 0. The molecular formula is C21H23NO3S. The largest absolute Gasteiger partial charge is 0.497 e. The van der Waals surface area contributed by atoms with Crippen molar-refractivity contribution in [2.24, 2.45) is 10.6 Å². The molecule has 136 valence electrons. The van der Waals surface area contributed by atoms with Gasteiger partial charge in [0.25, 0.3) is 0 Å². The van der Waals surface area contributed by atoms with Crippen LogP contribution in [0.4, 0.5) is 0 Å². The fraction of sp³-hybridized carbons (Fsp3) is 0.333. The first-order valence-corrected chi connectivity index (χ1v) is 10.6. The van der Waals surface area contributed by atoms with Crippen LogP contribution in [0.25, 0.3) is 11.1 Å². The van der Waals surface area contributed by atoms with Crippen molar-refractivity contribution in [3.8, 4) is 5.75 Å². The van der Waals surface area contributed by atoms with Gasteiger partial charge in [-0.15, -0.1) is 0 Å². The zero-order valence-corrected chi connectivity index (χ0v) is 15.7. The van der Waals surface area contributed by atoms with Gasteiger partial charge in [0.2, 0.25) is 10.0 Å². The Kier molecular flexibility index (Phi) is 4.16. The number of rotatable bonds is 5. The van der Waals surface area contributed by atoms with Crippen LogP contribution in [-0.2, 0) is 15.8 Å². The summed E-state index contributed by atoms with van der Waals surface area (Å²) in [4.78, 5) is 0. The average Bonchev–Trinajstić information content (AvgIpc) is 3.25. The Hall–Kier alpha value is -2.11. The normalized spacial score (nSPS) is 18.4. The summed E-state index contributed by atoms with van der Waals surface area (Å²) >= 11 is 0. The number of hydrogen-bond donors (Lipinski definition) is 1. The van der Waals surface area contributed by atoms with Crippen LogP contribution in [0.3, 0.4) is 0 Å². The minimum atomic E-state index is -3.50. The summed E-state index contributed by atoms with van der Waals surface area (Å²) in [7, 11) is -1.82. The first-order valence-electron chi connectivity index (χ1n) is 8.84. The minimum Gasteiger partial charge on any atom is -0.497 e. The van der Waals surface area contributed by atoms with E-state index in [4.69, 9.17) is 9.88 Å². The molecule has 0 heterocycles. The highest BCUT2D eigenvalue weighted by molar-refractivity contribution is 7.88. The van der Waals surface area contributed by atoms with Gasteiger partial charge in [0.05, 0.1) is 12.9 Å². The third kappa shape index (κ3) is 3.55. The Morgan fingerprint density at radius 1 is 0.923 bits per heavy atom. The summed E-state index contributed by atoms with van der Waals surface area (Å²) in [5, 5.41) is 5.15. The SMILES string of the molecule is COc1ccc(C2=C(c3ccc(CS(N)(=O)=O)cc3)CC3(CC3)C2)cc1. The predicted molar refractivity (Wildman–Crippen MR) is 104 cm³/mol. The third-order valence-corrected chi connectivity index (χ3v) is 6.27. The smallest absolute Gasteiger partial charge is 0.213 e. The maximum absolute atomic E-state index is 11.3. The minimum absolute atomic E-state index is 0.123. The number of methoxy groups -OCH3 is 1. The molecular weight excluding hydrogens is 346 g/mol. The molecule has 1 spiro atoms. The molecule has 2 aliphatic carbocycles. The molecule has 0 unspecified atom stereocenters. The van der Waals surface area contributed by atoms with Gasteiger partial charge in [-0.2, -0.15) is 0 Å². The Balaban J connectivity index is 1.68. The van der Waals surface area contributed by atoms with E-state index in [-0.39, 0.29) is 5.75 Å². The second-order valence-electron chi connectivity index (χ2n) is 7.54. The fourth-order valence-electron chi connectivity index (χ4n) is 3.94. The first-order chi connectivity index (χ1) is 12.4. The van der Waals surface area contributed by atoms with Gasteiger partial charge in [0, 0.05) is 0 Å². The predicted octanol–water partition coefficient (Wildman–Crippen LogP) is 3.97. The quantitative estimate of drug-likeness (QED) is 0.867. The van der Waals surface area contributed by atoms with Crippen molar-refractivity contribution in [1.82, 2.24) is 0 Å². The zero-order valence-electron chi connectivity index (χ0n) is 14.9. The maximum atomic E-state index is 11.3. The molecule has 4 nitrogen and oxygen atoms in total. The first kappa shape index (κ1) is 17.3. The molecule has 5 heteroatoms. The molecule has 0 amide bonds. The van der Waals surface area contributed by atoms with Crippen LogP contribution in [0.1, 0.15) is 42.4 Å². The Bertz CT molecular complexity index is 953. The third-order valence-electron chi connectivity index (χ3n) is 5.53. The lowest BCUT2D eigenvalue weighted by molar-refractivity contribution is 0.415. The molecule has 0 radical (unpaired) electrons. The monoisotopic (exact) mass is 369 g/mol. The average molecular weight is 369 g/mol. The Morgan fingerprint density at radius 2 is 1.42 bits per heavy atom. The van der Waals surface area contributed by atoms with Crippen molar-refractivity contribution in [1.29, 1.82) is 0 Å². The van der Waals surface area contributed by atoms with Crippen molar-refractivity contribution in [2.45, 2.75) is 31.4 Å². The molecule has 0 saturated heterocycles. The summed E-state index contributed by atoms with van der Waals surface area (Å²) < 4.78 is 27.8. The van der Waals surface area contributed by atoms with Gasteiger partial charge in [-0.3, -0.25) is 0 Å². The van der Waals surface area contributed by atoms with E-state index in [2.05, 4.69) is 12.1 Å². The molecule has 26 heavy (non-hydrogen) atoms. The molecule has 2 N–H and O–H groups in total. The van der Waals surface area contributed by atoms with Crippen LogP contribution in [0.2, 0.25) is 0 Å². The van der Waals surface area contributed by atoms with E-state index in [1.807, 2.05) is 36.4 Å². The van der Waals surface area contributed by atoms with Crippen LogP contribution >= 0.6 is 0 Å². The summed E-state index contributed by atoms with van der Waals surface area (Å²) in [5.41, 5.74) is 6.39. The lowest BCUT2D eigenvalue weighted by Gasteiger charge is -2.10. The van der Waals surface area contributed by atoms with Gasteiger partial charge in [-0.1, -0.05) is 36.4 Å². The number of benzene rings is 2. The maximum Gasteiger partial charge on any atom is 0.213 e. The summed E-state index contributed by atoms with van der Waals surface area (Å²) in [6.07, 6.45) is 4.80. The van der Waals surface area contributed by atoms with Gasteiger partial charge >= 0.3 is 0 Å². The highest BCUT2D eigenvalue weighted by atomic mass is 32.2. The Morgan fingerprint density at radius 3 is 1.85 bits per heavy atom. The van der Waals surface area contributed by atoms with Crippen molar-refractivity contribution < 1.29 is 13.2 Å². The summed E-state index contributed by atoms with van der Waals surface area (Å²) in [6, 6.07) is 16.1. The van der Waals surface area contributed by atoms with Crippen molar-refractivity contribution >= 4 is 21.2 Å². The van der Waals surface area contributed by atoms with Crippen LogP contribution in [0, 0.1) is 5.41 Å². The topological polar surface area (TPSA) is 69.4 Å². The van der Waals surface area contributed by atoms with Gasteiger partial charge in [-0.05, 0) is 71.1 Å². The standard InChI is InChI=1S/C21H23NO3S/c1-25-18-8-6-17(7-9-18)20-13-21(10-11-21)12-19(20)16-4-2-15(3-5-16)14-26(22,23)24/h2-9H,10-14H2,1H3,(H2,22,23,24). The van der Waals surface area contributed by atoms with Gasteiger partial charge in [-0.25, -0.2) is 13.6 Å². The molecule has 2 aromatic carbocycles. The number of hydrogen-bond acceptors (Lipinski definition) is 3. The number of ether oxygens (including phenoxy) is 1. The number of nitrogens with two attached hydrogens (primary N) is 1. The highest BCUT2D eigenvalue weighted by Crippen LogP contribution is 2.63. The van der Waals surface area contributed by atoms with E-state index >= 15 is 0 Å². The van der Waals surface area contributed by atoms with Gasteiger partial charge < -0.3 is 4.74 Å². The van der Waals surface area contributed by atoms with E-state index in [0.29, 0.717) is 5.41 Å². The zero-order chi connectivity index (χ0) is 18.4. The van der Waals surface area contributed by atoms with E-state index in [1.54, 1.807) is 7.11 Å². The molecule has 0 bridgehead atoms. The molecule has 0 aliphatic heterocycles.